The second kappa shape index (κ2) is 6.38. The molecule has 0 spiro atoms. The van der Waals surface area contributed by atoms with Crippen LogP contribution in [0.4, 0.5) is 0 Å². The molecule has 102 valence electrons. The summed E-state index contributed by atoms with van der Waals surface area (Å²) in [6.45, 7) is 8.42. The van der Waals surface area contributed by atoms with Gasteiger partial charge < -0.3 is 0 Å². The lowest BCUT2D eigenvalue weighted by atomic mass is 9.92. The summed E-state index contributed by atoms with van der Waals surface area (Å²) in [5.41, 5.74) is 7.74. The second-order valence-corrected chi connectivity index (χ2v) is 5.18. The van der Waals surface area contributed by atoms with Crippen molar-refractivity contribution in [2.45, 2.75) is 27.7 Å². The standard InChI is InChI=1S/C20H22/c1-5-7-17-11-9-15(3)13-19(17)20-14-16(4)10-12-18(20)8-6-2/h5-14H,1-4H3. The van der Waals surface area contributed by atoms with E-state index in [1.807, 2.05) is 0 Å². The van der Waals surface area contributed by atoms with Gasteiger partial charge in [-0.3, -0.25) is 0 Å². The molecule has 20 heavy (non-hydrogen) atoms. The van der Waals surface area contributed by atoms with Gasteiger partial charge in [-0.2, -0.15) is 0 Å². The molecule has 0 aromatic heterocycles. The number of rotatable bonds is 3. The molecule has 0 heteroatoms. The minimum atomic E-state index is 1.27. The Bertz CT molecular complexity index is 598. The van der Waals surface area contributed by atoms with Crippen LogP contribution in [0, 0.1) is 13.8 Å². The summed E-state index contributed by atoms with van der Waals surface area (Å²) in [5, 5.41) is 0. The Kier molecular flexibility index (Phi) is 4.57. The fraction of sp³-hybridized carbons (Fsp3) is 0.200. The first-order chi connectivity index (χ1) is 9.65. The van der Waals surface area contributed by atoms with Crippen LogP contribution >= 0.6 is 0 Å². The van der Waals surface area contributed by atoms with Crippen LogP contribution in [-0.2, 0) is 0 Å². The van der Waals surface area contributed by atoms with E-state index in [0.717, 1.165) is 0 Å². The molecule has 0 N–H and O–H groups in total. The molecule has 2 aromatic carbocycles. The Morgan fingerprint density at radius 2 is 1.05 bits per heavy atom. The molecule has 0 heterocycles. The third-order valence-electron chi connectivity index (χ3n) is 3.40. The molecule has 0 aliphatic rings. The molecule has 0 atom stereocenters. The van der Waals surface area contributed by atoms with Gasteiger partial charge in [0.05, 0.1) is 0 Å². The van der Waals surface area contributed by atoms with Crippen LogP contribution in [0.15, 0.2) is 48.6 Å². The minimum absolute atomic E-state index is 1.27. The lowest BCUT2D eigenvalue weighted by molar-refractivity contribution is 1.42. The van der Waals surface area contributed by atoms with E-state index in [1.165, 1.54) is 33.4 Å². The first-order valence-corrected chi connectivity index (χ1v) is 7.12. The van der Waals surface area contributed by atoms with Gasteiger partial charge in [0.15, 0.2) is 0 Å². The van der Waals surface area contributed by atoms with Crippen molar-refractivity contribution in [2.24, 2.45) is 0 Å². The average molecular weight is 262 g/mol. The quantitative estimate of drug-likeness (QED) is 0.633. The zero-order valence-electron chi connectivity index (χ0n) is 12.8. The minimum Gasteiger partial charge on any atom is -0.0870 e. The van der Waals surface area contributed by atoms with Gasteiger partial charge in [0.2, 0.25) is 0 Å². The number of hydrogen-bond acceptors (Lipinski definition) is 0. The molecule has 0 saturated carbocycles. The van der Waals surface area contributed by atoms with Crippen molar-refractivity contribution in [3.05, 3.63) is 70.8 Å². The Morgan fingerprint density at radius 1 is 0.650 bits per heavy atom. The maximum Gasteiger partial charge on any atom is -0.0103 e. The van der Waals surface area contributed by atoms with Crippen molar-refractivity contribution in [2.75, 3.05) is 0 Å². The van der Waals surface area contributed by atoms with Crippen molar-refractivity contribution in [3.63, 3.8) is 0 Å². The van der Waals surface area contributed by atoms with Gasteiger partial charge >= 0.3 is 0 Å². The first-order valence-electron chi connectivity index (χ1n) is 7.12. The Hall–Kier alpha value is -2.08. The number of hydrogen-bond donors (Lipinski definition) is 0. The molecule has 2 rings (SSSR count). The van der Waals surface area contributed by atoms with Gasteiger partial charge in [0, 0.05) is 0 Å². The third-order valence-corrected chi connectivity index (χ3v) is 3.40. The van der Waals surface area contributed by atoms with Gasteiger partial charge in [-0.25, -0.2) is 0 Å². The maximum atomic E-state index is 2.27. The molecule has 0 amide bonds. The van der Waals surface area contributed by atoms with Crippen LogP contribution in [-0.4, -0.2) is 0 Å². The molecule has 0 aliphatic carbocycles. The van der Waals surface area contributed by atoms with Gasteiger partial charge in [-0.15, -0.1) is 0 Å². The fourth-order valence-corrected chi connectivity index (χ4v) is 2.46. The number of allylic oxidation sites excluding steroid dienone is 2. The topological polar surface area (TPSA) is 0 Å². The SMILES string of the molecule is CC=Cc1ccc(C)cc1-c1cc(C)ccc1C=CC. The van der Waals surface area contributed by atoms with Crippen molar-refractivity contribution in [1.29, 1.82) is 0 Å². The average Bonchev–Trinajstić information content (AvgIpc) is 2.43. The summed E-state index contributed by atoms with van der Waals surface area (Å²) in [5.74, 6) is 0. The van der Waals surface area contributed by atoms with Gasteiger partial charge in [0.1, 0.15) is 0 Å². The van der Waals surface area contributed by atoms with E-state index in [9.17, 15) is 0 Å². The monoisotopic (exact) mass is 262 g/mol. The molecule has 0 unspecified atom stereocenters. The molecule has 0 radical (unpaired) electrons. The number of aryl methyl sites for hydroxylation is 2. The summed E-state index contributed by atoms with van der Waals surface area (Å²) in [6, 6.07) is 13.3. The summed E-state index contributed by atoms with van der Waals surface area (Å²) < 4.78 is 0. The molecule has 0 saturated heterocycles. The van der Waals surface area contributed by atoms with E-state index < -0.39 is 0 Å². The highest BCUT2D eigenvalue weighted by Crippen LogP contribution is 2.31. The van der Waals surface area contributed by atoms with Crippen LogP contribution in [0.2, 0.25) is 0 Å². The molecule has 0 bridgehead atoms. The van der Waals surface area contributed by atoms with Gasteiger partial charge in [0.25, 0.3) is 0 Å². The third kappa shape index (κ3) is 3.08. The molecular formula is C20H22. The Balaban J connectivity index is 2.72. The highest BCUT2D eigenvalue weighted by Gasteiger charge is 2.07. The predicted molar refractivity (Wildman–Crippen MR) is 90.8 cm³/mol. The highest BCUT2D eigenvalue weighted by molar-refractivity contribution is 5.82. The van der Waals surface area contributed by atoms with E-state index in [1.54, 1.807) is 0 Å². The zero-order valence-corrected chi connectivity index (χ0v) is 12.8. The van der Waals surface area contributed by atoms with E-state index in [4.69, 9.17) is 0 Å². The van der Waals surface area contributed by atoms with Crippen molar-refractivity contribution in [1.82, 2.24) is 0 Å². The second-order valence-electron chi connectivity index (χ2n) is 5.18. The predicted octanol–water partition coefficient (Wildman–Crippen LogP) is 6.04. The van der Waals surface area contributed by atoms with E-state index in [2.05, 4.69) is 88.4 Å². The highest BCUT2D eigenvalue weighted by atomic mass is 14.1. The first kappa shape index (κ1) is 14.3. The van der Waals surface area contributed by atoms with Gasteiger partial charge in [-0.1, -0.05) is 71.8 Å². The van der Waals surface area contributed by atoms with Gasteiger partial charge in [-0.05, 0) is 49.9 Å². The van der Waals surface area contributed by atoms with Crippen LogP contribution in [0.1, 0.15) is 36.1 Å². The van der Waals surface area contributed by atoms with Crippen LogP contribution in [0.3, 0.4) is 0 Å². The maximum absolute atomic E-state index is 2.27. The summed E-state index contributed by atoms with van der Waals surface area (Å²) in [4.78, 5) is 0. The zero-order chi connectivity index (χ0) is 14.5. The van der Waals surface area contributed by atoms with Crippen LogP contribution < -0.4 is 0 Å². The molecular weight excluding hydrogens is 240 g/mol. The lowest BCUT2D eigenvalue weighted by Crippen LogP contribution is -1.90. The summed E-state index contributed by atoms with van der Waals surface area (Å²) in [6.07, 6.45) is 8.55. The Morgan fingerprint density at radius 3 is 1.40 bits per heavy atom. The van der Waals surface area contributed by atoms with E-state index >= 15 is 0 Å². The Labute approximate surface area is 122 Å². The summed E-state index contributed by atoms with van der Waals surface area (Å²) in [7, 11) is 0. The normalized spacial score (nSPS) is 11.6. The smallest absolute Gasteiger partial charge is 0.0103 e. The molecule has 0 fully saturated rings. The van der Waals surface area contributed by atoms with E-state index in [-0.39, 0.29) is 0 Å². The molecule has 0 nitrogen and oxygen atoms in total. The largest absolute Gasteiger partial charge is 0.0870 e. The van der Waals surface area contributed by atoms with Crippen LogP contribution in [0.25, 0.3) is 23.3 Å². The van der Waals surface area contributed by atoms with Crippen molar-refractivity contribution >= 4 is 12.2 Å². The van der Waals surface area contributed by atoms with Crippen molar-refractivity contribution in [3.8, 4) is 11.1 Å². The lowest BCUT2D eigenvalue weighted by Gasteiger charge is -2.12. The molecule has 2 aromatic rings. The van der Waals surface area contributed by atoms with Crippen LogP contribution in [0.5, 0.6) is 0 Å². The molecule has 0 aliphatic heterocycles. The number of benzene rings is 2. The summed E-state index contributed by atoms with van der Waals surface area (Å²) >= 11 is 0. The van der Waals surface area contributed by atoms with Crippen molar-refractivity contribution < 1.29 is 0 Å². The van der Waals surface area contributed by atoms with E-state index in [0.29, 0.717) is 0 Å². The fourth-order valence-electron chi connectivity index (χ4n) is 2.46.